The van der Waals surface area contributed by atoms with Crippen molar-refractivity contribution in [1.29, 1.82) is 0 Å². The molecular formula is C27H22FN3O3. The van der Waals surface area contributed by atoms with Crippen LogP contribution < -0.4 is 4.74 Å². The van der Waals surface area contributed by atoms with E-state index in [9.17, 15) is 9.18 Å². The van der Waals surface area contributed by atoms with Gasteiger partial charge in [0.25, 0.3) is 0 Å². The highest BCUT2D eigenvalue weighted by molar-refractivity contribution is 5.70. The number of aromatic nitrogens is 3. The Kier molecular flexibility index (Phi) is 5.67. The van der Waals surface area contributed by atoms with Gasteiger partial charge < -0.3 is 9.15 Å². The van der Waals surface area contributed by atoms with Crippen molar-refractivity contribution < 1.29 is 18.3 Å². The van der Waals surface area contributed by atoms with Gasteiger partial charge in [0.05, 0.1) is 17.8 Å². The maximum atomic E-state index is 13.9. The van der Waals surface area contributed by atoms with Gasteiger partial charge in [-0.1, -0.05) is 42.5 Å². The largest absolute Gasteiger partial charge is 0.466 e. The minimum absolute atomic E-state index is 0.314. The maximum absolute atomic E-state index is 13.9. The number of esters is 1. The van der Waals surface area contributed by atoms with E-state index >= 15 is 0 Å². The molecule has 0 N–H and O–H groups in total. The molecule has 0 aliphatic heterocycles. The average molecular weight is 455 g/mol. The lowest BCUT2D eigenvalue weighted by Gasteiger charge is -2.10. The van der Waals surface area contributed by atoms with Crippen molar-refractivity contribution in [3.8, 4) is 17.1 Å². The van der Waals surface area contributed by atoms with Gasteiger partial charge in [-0.15, -0.1) is 0 Å². The fraction of sp³-hybridized carbons (Fsp3) is 0.148. The van der Waals surface area contributed by atoms with E-state index in [4.69, 9.17) is 19.1 Å². The summed E-state index contributed by atoms with van der Waals surface area (Å²) in [6, 6.07) is 19.9. The Morgan fingerprint density at radius 3 is 2.53 bits per heavy atom. The van der Waals surface area contributed by atoms with Crippen LogP contribution in [0, 0.1) is 12.7 Å². The molecule has 7 heteroatoms. The molecule has 0 bridgehead atoms. The monoisotopic (exact) mass is 455 g/mol. The molecule has 0 spiro atoms. The molecule has 0 aliphatic rings. The summed E-state index contributed by atoms with van der Waals surface area (Å²) < 4.78 is 27.0. The Morgan fingerprint density at radius 2 is 1.82 bits per heavy atom. The summed E-state index contributed by atoms with van der Waals surface area (Å²) in [5.41, 5.74) is 4.08. The lowest BCUT2D eigenvalue weighted by atomic mass is 10.1. The zero-order chi connectivity index (χ0) is 23.7. The molecule has 0 radical (unpaired) electrons. The number of fused-ring (bicyclic) bond motifs is 1. The number of carbonyl (C=O) groups excluding carboxylic acids is 1. The van der Waals surface area contributed by atoms with Crippen molar-refractivity contribution in [2.45, 2.75) is 26.7 Å². The second-order valence-corrected chi connectivity index (χ2v) is 8.09. The van der Waals surface area contributed by atoms with Gasteiger partial charge in [0.1, 0.15) is 23.0 Å². The van der Waals surface area contributed by atoms with E-state index in [1.807, 2.05) is 61.7 Å². The third kappa shape index (κ3) is 4.45. The zero-order valence-corrected chi connectivity index (χ0v) is 18.8. The fourth-order valence-corrected chi connectivity index (χ4v) is 3.95. The van der Waals surface area contributed by atoms with Crippen LogP contribution in [0.15, 0.2) is 77.3 Å². The van der Waals surface area contributed by atoms with Gasteiger partial charge in [0.2, 0.25) is 5.88 Å². The van der Waals surface area contributed by atoms with Crippen LogP contribution in [-0.4, -0.2) is 20.3 Å². The molecule has 3 heterocycles. The van der Waals surface area contributed by atoms with Crippen molar-refractivity contribution in [2.24, 2.45) is 0 Å². The number of rotatable bonds is 6. The SMILES string of the molecule is CC(=O)Oc1c(Cc2ccc(C)o2)nc2c(Cc3cccc(F)c3)nc(-c3ccccc3)cn12. The van der Waals surface area contributed by atoms with Crippen LogP contribution in [0.3, 0.4) is 0 Å². The van der Waals surface area contributed by atoms with Gasteiger partial charge >= 0.3 is 5.97 Å². The fourth-order valence-electron chi connectivity index (χ4n) is 3.95. The average Bonchev–Trinajstić information content (AvgIpc) is 3.37. The lowest BCUT2D eigenvalue weighted by Crippen LogP contribution is -2.07. The summed E-state index contributed by atoms with van der Waals surface area (Å²) in [6.07, 6.45) is 2.51. The molecule has 2 aromatic carbocycles. The van der Waals surface area contributed by atoms with Crippen molar-refractivity contribution >= 4 is 11.6 Å². The predicted molar refractivity (Wildman–Crippen MR) is 125 cm³/mol. The van der Waals surface area contributed by atoms with Crippen LogP contribution in [0.4, 0.5) is 4.39 Å². The maximum Gasteiger partial charge on any atom is 0.309 e. The summed E-state index contributed by atoms with van der Waals surface area (Å²) in [5, 5.41) is 0. The number of aryl methyl sites for hydroxylation is 1. The van der Waals surface area contributed by atoms with Crippen LogP contribution in [-0.2, 0) is 17.6 Å². The second kappa shape index (κ2) is 8.94. The second-order valence-electron chi connectivity index (χ2n) is 8.09. The van der Waals surface area contributed by atoms with E-state index in [-0.39, 0.29) is 5.82 Å². The first-order valence-electron chi connectivity index (χ1n) is 10.9. The molecule has 0 unspecified atom stereocenters. The molecule has 0 saturated heterocycles. The van der Waals surface area contributed by atoms with Crippen molar-refractivity contribution in [3.05, 3.63) is 107 Å². The molecule has 0 fully saturated rings. The number of carbonyl (C=O) groups is 1. The quantitative estimate of drug-likeness (QED) is 0.314. The number of furan rings is 1. The topological polar surface area (TPSA) is 69.6 Å². The summed E-state index contributed by atoms with van der Waals surface area (Å²) in [6.45, 7) is 3.22. The lowest BCUT2D eigenvalue weighted by molar-refractivity contribution is -0.132. The molecule has 0 atom stereocenters. The van der Waals surface area contributed by atoms with Crippen LogP contribution in [0.2, 0.25) is 0 Å². The standard InChI is InChI=1S/C27H22FN3O3/c1-17-11-12-22(33-17)15-24-27(34-18(2)32)31-16-25(20-8-4-3-5-9-20)29-23(26(31)30-24)14-19-7-6-10-21(28)13-19/h3-13,16H,14-15H2,1-2H3. The van der Waals surface area contributed by atoms with Crippen LogP contribution in [0.5, 0.6) is 5.88 Å². The summed E-state index contributed by atoms with van der Waals surface area (Å²) >= 11 is 0. The molecule has 5 aromatic rings. The Morgan fingerprint density at radius 1 is 1.00 bits per heavy atom. The summed E-state index contributed by atoms with van der Waals surface area (Å²) in [7, 11) is 0. The molecule has 0 saturated carbocycles. The van der Waals surface area contributed by atoms with Crippen molar-refractivity contribution in [2.75, 3.05) is 0 Å². The smallest absolute Gasteiger partial charge is 0.309 e. The highest BCUT2D eigenvalue weighted by Crippen LogP contribution is 2.29. The number of imidazole rings is 1. The normalized spacial score (nSPS) is 11.1. The van der Waals surface area contributed by atoms with Gasteiger partial charge in [-0.25, -0.2) is 14.4 Å². The molecule has 0 aliphatic carbocycles. The molecule has 34 heavy (non-hydrogen) atoms. The third-order valence-corrected chi connectivity index (χ3v) is 5.41. The first-order chi connectivity index (χ1) is 16.5. The third-order valence-electron chi connectivity index (χ3n) is 5.41. The Bertz CT molecular complexity index is 1490. The molecule has 3 aromatic heterocycles. The van der Waals surface area contributed by atoms with Crippen molar-refractivity contribution in [3.63, 3.8) is 0 Å². The molecule has 5 rings (SSSR count). The van der Waals surface area contributed by atoms with E-state index in [1.54, 1.807) is 10.5 Å². The number of nitrogens with zero attached hydrogens (tertiary/aromatic N) is 3. The van der Waals surface area contributed by atoms with Gasteiger partial charge in [-0.05, 0) is 36.8 Å². The van der Waals surface area contributed by atoms with Gasteiger partial charge in [0.15, 0.2) is 5.65 Å². The van der Waals surface area contributed by atoms with E-state index in [0.717, 1.165) is 16.9 Å². The summed E-state index contributed by atoms with van der Waals surface area (Å²) in [5.74, 6) is 1.04. The van der Waals surface area contributed by atoms with Crippen molar-refractivity contribution in [1.82, 2.24) is 14.4 Å². The molecular weight excluding hydrogens is 433 g/mol. The Hall–Kier alpha value is -4.26. The first kappa shape index (κ1) is 21.6. The Labute approximate surface area is 195 Å². The number of ether oxygens (including phenoxy) is 1. The summed E-state index contributed by atoms with van der Waals surface area (Å²) in [4.78, 5) is 21.7. The predicted octanol–water partition coefficient (Wildman–Crippen LogP) is 5.54. The number of halogens is 1. The first-order valence-corrected chi connectivity index (χ1v) is 10.9. The zero-order valence-electron chi connectivity index (χ0n) is 18.8. The van der Waals surface area contributed by atoms with Crippen LogP contribution in [0.25, 0.3) is 16.9 Å². The van der Waals surface area contributed by atoms with Gasteiger partial charge in [-0.2, -0.15) is 0 Å². The number of hydrogen-bond donors (Lipinski definition) is 0. The number of hydrogen-bond acceptors (Lipinski definition) is 5. The minimum Gasteiger partial charge on any atom is -0.466 e. The van der Waals surface area contributed by atoms with E-state index in [2.05, 4.69) is 0 Å². The molecule has 6 nitrogen and oxygen atoms in total. The van der Waals surface area contributed by atoms with Gasteiger partial charge in [0, 0.05) is 25.1 Å². The number of benzene rings is 2. The van der Waals surface area contributed by atoms with E-state index in [0.29, 0.717) is 47.2 Å². The van der Waals surface area contributed by atoms with Gasteiger partial charge in [-0.3, -0.25) is 9.20 Å². The van der Waals surface area contributed by atoms with E-state index in [1.165, 1.54) is 19.1 Å². The highest BCUT2D eigenvalue weighted by atomic mass is 19.1. The molecule has 0 amide bonds. The van der Waals surface area contributed by atoms with E-state index < -0.39 is 5.97 Å². The van der Waals surface area contributed by atoms with Crippen LogP contribution in [0.1, 0.15) is 35.4 Å². The Balaban J connectivity index is 1.71. The highest BCUT2D eigenvalue weighted by Gasteiger charge is 2.21. The minimum atomic E-state index is -0.455. The molecule has 170 valence electrons. The van der Waals surface area contributed by atoms with Crippen LogP contribution >= 0.6 is 0 Å².